The van der Waals surface area contributed by atoms with Gasteiger partial charge in [0.25, 0.3) is 0 Å². The second kappa shape index (κ2) is 8.67. The zero-order valence-electron chi connectivity index (χ0n) is 15.5. The molecule has 0 fully saturated rings. The molecule has 1 aliphatic rings. The molecule has 1 N–H and O–H groups in total. The first kappa shape index (κ1) is 19.6. The maximum absolute atomic E-state index is 12.5. The summed E-state index contributed by atoms with van der Waals surface area (Å²) in [6.45, 7) is 2.42. The minimum atomic E-state index is -0.205. The number of rotatable bonds is 7. The van der Waals surface area contributed by atoms with Gasteiger partial charge in [0.1, 0.15) is 18.0 Å². The molecule has 2 amide bonds. The van der Waals surface area contributed by atoms with Gasteiger partial charge in [0.05, 0.1) is 29.9 Å². The van der Waals surface area contributed by atoms with Crippen molar-refractivity contribution in [3.8, 4) is 11.5 Å². The molecule has 0 radical (unpaired) electrons. The highest BCUT2D eigenvalue weighted by Gasteiger charge is 2.28. The zero-order chi connectivity index (χ0) is 19.4. The molecule has 1 aliphatic heterocycles. The number of hydrogen-bond acceptors (Lipinski definition) is 6. The van der Waals surface area contributed by atoms with Crippen LogP contribution >= 0.6 is 23.1 Å². The molecule has 2 heterocycles. The van der Waals surface area contributed by atoms with E-state index in [0.29, 0.717) is 23.8 Å². The van der Waals surface area contributed by atoms with Crippen LogP contribution in [0.3, 0.4) is 0 Å². The summed E-state index contributed by atoms with van der Waals surface area (Å²) in [6, 6.07) is 7.46. The van der Waals surface area contributed by atoms with E-state index in [1.54, 1.807) is 48.3 Å². The monoisotopic (exact) mass is 406 g/mol. The fourth-order valence-corrected chi connectivity index (χ4v) is 5.07. The number of fused-ring (bicyclic) bond motifs is 1. The molecule has 0 bridgehead atoms. The number of anilines is 1. The Morgan fingerprint density at radius 3 is 2.78 bits per heavy atom. The summed E-state index contributed by atoms with van der Waals surface area (Å²) in [7, 11) is 3.17. The van der Waals surface area contributed by atoms with E-state index in [1.807, 2.05) is 18.2 Å². The third kappa shape index (κ3) is 4.39. The third-order valence-electron chi connectivity index (χ3n) is 4.27. The normalized spacial score (nSPS) is 13.3. The van der Waals surface area contributed by atoms with Crippen molar-refractivity contribution in [1.82, 2.24) is 5.32 Å². The van der Waals surface area contributed by atoms with Gasteiger partial charge in [0.2, 0.25) is 11.8 Å². The molecule has 27 heavy (non-hydrogen) atoms. The van der Waals surface area contributed by atoms with Gasteiger partial charge in [-0.3, -0.25) is 9.59 Å². The van der Waals surface area contributed by atoms with Crippen LogP contribution in [0.1, 0.15) is 17.4 Å². The standard InChI is InChI=1S/C19H22N2O4S2/c1-4-14-8-15-19(27-14)26-11-18(23)21(15)10-17(22)20-9-12-5-6-13(24-2)7-16(12)25-3/h5-8H,4,9-11H2,1-3H3,(H,20,22). The summed E-state index contributed by atoms with van der Waals surface area (Å²) in [6.07, 6.45) is 0.920. The highest BCUT2D eigenvalue weighted by atomic mass is 32.2. The Balaban J connectivity index is 1.66. The average molecular weight is 407 g/mol. The van der Waals surface area contributed by atoms with Crippen molar-refractivity contribution in [2.24, 2.45) is 0 Å². The van der Waals surface area contributed by atoms with E-state index in [-0.39, 0.29) is 18.4 Å². The second-order valence-corrected chi connectivity index (χ2v) is 8.34. The van der Waals surface area contributed by atoms with Crippen molar-refractivity contribution in [1.29, 1.82) is 0 Å². The Morgan fingerprint density at radius 1 is 1.26 bits per heavy atom. The Kier molecular flexibility index (Phi) is 6.28. The topological polar surface area (TPSA) is 67.9 Å². The minimum absolute atomic E-state index is 0.0186. The number of thiophene rings is 1. The Labute approximate surface area is 166 Å². The Bertz CT molecular complexity index is 850. The Morgan fingerprint density at radius 2 is 2.07 bits per heavy atom. The SMILES string of the molecule is CCc1cc2c(s1)SCC(=O)N2CC(=O)NCc1ccc(OC)cc1OC. The second-order valence-electron chi connectivity index (χ2n) is 5.96. The van der Waals surface area contributed by atoms with Crippen molar-refractivity contribution in [3.05, 3.63) is 34.7 Å². The highest BCUT2D eigenvalue weighted by molar-refractivity contribution is 8.02. The summed E-state index contributed by atoms with van der Waals surface area (Å²) in [5.41, 5.74) is 1.70. The lowest BCUT2D eigenvalue weighted by Gasteiger charge is -2.26. The Hall–Kier alpha value is -2.19. The summed E-state index contributed by atoms with van der Waals surface area (Å²) < 4.78 is 11.6. The van der Waals surface area contributed by atoms with E-state index < -0.39 is 0 Å². The molecule has 2 aromatic rings. The van der Waals surface area contributed by atoms with Gasteiger partial charge < -0.3 is 19.7 Å². The van der Waals surface area contributed by atoms with Crippen LogP contribution in [0.4, 0.5) is 5.69 Å². The lowest BCUT2D eigenvalue weighted by molar-refractivity contribution is -0.123. The first-order valence-electron chi connectivity index (χ1n) is 8.59. The van der Waals surface area contributed by atoms with Crippen LogP contribution in [0.2, 0.25) is 0 Å². The molecule has 3 rings (SSSR count). The van der Waals surface area contributed by atoms with Crippen molar-refractivity contribution >= 4 is 40.6 Å². The predicted molar refractivity (Wildman–Crippen MR) is 108 cm³/mol. The summed E-state index contributed by atoms with van der Waals surface area (Å²) >= 11 is 3.25. The van der Waals surface area contributed by atoms with Crippen LogP contribution in [-0.4, -0.2) is 38.3 Å². The molecule has 144 valence electrons. The maximum atomic E-state index is 12.5. The minimum Gasteiger partial charge on any atom is -0.497 e. The number of benzene rings is 1. The van der Waals surface area contributed by atoms with Crippen LogP contribution in [0, 0.1) is 0 Å². The predicted octanol–water partition coefficient (Wildman–Crippen LogP) is 3.08. The van der Waals surface area contributed by atoms with Crippen molar-refractivity contribution in [2.75, 3.05) is 31.4 Å². The van der Waals surface area contributed by atoms with Crippen LogP contribution in [0.15, 0.2) is 28.5 Å². The van der Waals surface area contributed by atoms with Gasteiger partial charge in [0, 0.05) is 23.1 Å². The number of carbonyl (C=O) groups is 2. The molecular formula is C19H22N2O4S2. The quantitative estimate of drug-likeness (QED) is 0.765. The smallest absolute Gasteiger partial charge is 0.240 e. The number of carbonyl (C=O) groups excluding carboxylic acids is 2. The van der Waals surface area contributed by atoms with Gasteiger partial charge >= 0.3 is 0 Å². The van der Waals surface area contributed by atoms with Crippen LogP contribution < -0.4 is 19.7 Å². The number of aryl methyl sites for hydroxylation is 1. The average Bonchev–Trinajstić information content (AvgIpc) is 3.12. The zero-order valence-corrected chi connectivity index (χ0v) is 17.2. The number of amides is 2. The number of ether oxygens (including phenoxy) is 2. The molecule has 0 unspecified atom stereocenters. The summed E-state index contributed by atoms with van der Waals surface area (Å²) in [5, 5.41) is 2.87. The van der Waals surface area contributed by atoms with Crippen molar-refractivity contribution in [3.63, 3.8) is 0 Å². The fraction of sp³-hybridized carbons (Fsp3) is 0.368. The molecule has 8 heteroatoms. The number of nitrogens with one attached hydrogen (secondary N) is 1. The number of methoxy groups -OCH3 is 2. The molecular weight excluding hydrogens is 384 g/mol. The van der Waals surface area contributed by atoms with Gasteiger partial charge in [-0.05, 0) is 24.6 Å². The summed E-state index contributed by atoms with van der Waals surface area (Å²) in [5.74, 6) is 1.47. The van der Waals surface area contributed by atoms with Gasteiger partial charge in [0.15, 0.2) is 0 Å². The number of hydrogen-bond donors (Lipinski definition) is 1. The van der Waals surface area contributed by atoms with Crippen molar-refractivity contribution < 1.29 is 19.1 Å². The lowest BCUT2D eigenvalue weighted by Crippen LogP contribution is -2.42. The van der Waals surface area contributed by atoms with Gasteiger partial charge in [-0.1, -0.05) is 6.92 Å². The molecule has 0 spiro atoms. The molecule has 0 atom stereocenters. The van der Waals surface area contributed by atoms with Crippen LogP contribution in [0.25, 0.3) is 0 Å². The highest BCUT2D eigenvalue weighted by Crippen LogP contribution is 2.42. The molecule has 1 aromatic heterocycles. The van der Waals surface area contributed by atoms with Crippen molar-refractivity contribution in [2.45, 2.75) is 24.1 Å². The van der Waals surface area contributed by atoms with Gasteiger partial charge in [-0.15, -0.1) is 23.1 Å². The van der Waals surface area contributed by atoms with E-state index in [1.165, 1.54) is 4.88 Å². The van der Waals surface area contributed by atoms with E-state index in [0.717, 1.165) is 21.9 Å². The van der Waals surface area contributed by atoms with Gasteiger partial charge in [-0.25, -0.2) is 0 Å². The van der Waals surface area contributed by atoms with E-state index >= 15 is 0 Å². The first-order chi connectivity index (χ1) is 13.0. The maximum Gasteiger partial charge on any atom is 0.240 e. The first-order valence-corrected chi connectivity index (χ1v) is 10.4. The summed E-state index contributed by atoms with van der Waals surface area (Å²) in [4.78, 5) is 27.6. The van der Waals surface area contributed by atoms with Crippen LogP contribution in [-0.2, 0) is 22.6 Å². The molecule has 1 aromatic carbocycles. The molecule has 0 aliphatic carbocycles. The largest absolute Gasteiger partial charge is 0.497 e. The number of thioether (sulfide) groups is 1. The molecule has 6 nitrogen and oxygen atoms in total. The lowest BCUT2D eigenvalue weighted by atomic mass is 10.2. The number of nitrogens with zero attached hydrogens (tertiary/aromatic N) is 1. The third-order valence-corrected chi connectivity index (χ3v) is 6.80. The molecule has 0 saturated carbocycles. The van der Waals surface area contributed by atoms with E-state index in [4.69, 9.17) is 9.47 Å². The van der Waals surface area contributed by atoms with E-state index in [2.05, 4.69) is 12.2 Å². The molecule has 0 saturated heterocycles. The van der Waals surface area contributed by atoms with Crippen LogP contribution in [0.5, 0.6) is 11.5 Å². The van der Waals surface area contributed by atoms with Gasteiger partial charge in [-0.2, -0.15) is 0 Å². The van der Waals surface area contributed by atoms with E-state index in [9.17, 15) is 9.59 Å². The fourth-order valence-electron chi connectivity index (χ4n) is 2.78.